The largest absolute Gasteiger partial charge is 0.317 e. The highest BCUT2D eigenvalue weighted by Crippen LogP contribution is 2.34. The van der Waals surface area contributed by atoms with Gasteiger partial charge in [-0.1, -0.05) is 19.8 Å². The number of hydrogen-bond donors (Lipinski definition) is 1. The van der Waals surface area contributed by atoms with Gasteiger partial charge in [0.25, 0.3) is 0 Å². The lowest BCUT2D eigenvalue weighted by atomic mass is 9.76. The molecule has 2 aliphatic rings. The lowest BCUT2D eigenvalue weighted by Gasteiger charge is -2.42. The Morgan fingerprint density at radius 3 is 2.65 bits per heavy atom. The Bertz CT molecular complexity index is 221. The maximum Gasteiger partial charge on any atom is 0.00671 e. The summed E-state index contributed by atoms with van der Waals surface area (Å²) in [7, 11) is 0. The van der Waals surface area contributed by atoms with Crippen molar-refractivity contribution in [3.63, 3.8) is 0 Å². The first-order valence-corrected chi connectivity index (χ1v) is 7.70. The molecule has 1 N–H and O–H groups in total. The van der Waals surface area contributed by atoms with Crippen molar-refractivity contribution in [3.8, 4) is 0 Å². The summed E-state index contributed by atoms with van der Waals surface area (Å²) in [5.74, 6) is 0. The van der Waals surface area contributed by atoms with Crippen LogP contribution in [0.15, 0.2) is 0 Å². The first-order chi connectivity index (χ1) is 8.26. The summed E-state index contributed by atoms with van der Waals surface area (Å²) in [6.07, 6.45) is 9.84. The fraction of sp³-hybridized carbons (Fsp3) is 1.00. The SMILES string of the molecule is CCC1(CN2CCCCCC2C)CCNCC1. The fourth-order valence-corrected chi connectivity index (χ4v) is 3.58. The Hall–Kier alpha value is -0.0800. The van der Waals surface area contributed by atoms with E-state index in [2.05, 4.69) is 24.1 Å². The van der Waals surface area contributed by atoms with Gasteiger partial charge in [-0.05, 0) is 64.1 Å². The molecule has 0 amide bonds. The third-order valence-corrected chi connectivity index (χ3v) is 5.14. The predicted octanol–water partition coefficient (Wildman–Crippen LogP) is 3.03. The van der Waals surface area contributed by atoms with E-state index >= 15 is 0 Å². The second-order valence-electron chi connectivity index (χ2n) is 6.27. The molecule has 0 aliphatic carbocycles. The van der Waals surface area contributed by atoms with E-state index in [0.29, 0.717) is 5.41 Å². The van der Waals surface area contributed by atoms with Gasteiger partial charge in [0.2, 0.25) is 0 Å². The molecule has 0 spiro atoms. The van der Waals surface area contributed by atoms with Gasteiger partial charge in [-0.3, -0.25) is 0 Å². The lowest BCUT2D eigenvalue weighted by Crippen LogP contribution is -2.47. The molecular weight excluding hydrogens is 208 g/mol. The Kier molecular flexibility index (Phi) is 4.87. The molecule has 0 bridgehead atoms. The molecule has 0 aromatic carbocycles. The number of hydrogen-bond acceptors (Lipinski definition) is 2. The molecule has 2 rings (SSSR count). The fourth-order valence-electron chi connectivity index (χ4n) is 3.58. The average molecular weight is 238 g/mol. The molecule has 1 unspecified atom stereocenters. The van der Waals surface area contributed by atoms with Crippen molar-refractivity contribution in [2.75, 3.05) is 26.2 Å². The van der Waals surface area contributed by atoms with Crippen LogP contribution >= 0.6 is 0 Å². The van der Waals surface area contributed by atoms with Crippen molar-refractivity contribution in [3.05, 3.63) is 0 Å². The van der Waals surface area contributed by atoms with Gasteiger partial charge in [-0.2, -0.15) is 0 Å². The summed E-state index contributed by atoms with van der Waals surface area (Å²) in [5, 5.41) is 3.52. The number of piperidine rings is 1. The molecule has 0 aromatic heterocycles. The number of nitrogens with one attached hydrogen (secondary N) is 1. The highest BCUT2D eigenvalue weighted by atomic mass is 15.2. The minimum Gasteiger partial charge on any atom is -0.317 e. The zero-order valence-electron chi connectivity index (χ0n) is 11.8. The third kappa shape index (κ3) is 3.45. The van der Waals surface area contributed by atoms with Gasteiger partial charge >= 0.3 is 0 Å². The van der Waals surface area contributed by atoms with E-state index in [1.54, 1.807) is 0 Å². The molecule has 100 valence electrons. The van der Waals surface area contributed by atoms with Crippen LogP contribution in [-0.2, 0) is 0 Å². The Labute approximate surface area is 107 Å². The maximum absolute atomic E-state index is 3.52. The van der Waals surface area contributed by atoms with E-state index in [9.17, 15) is 0 Å². The minimum absolute atomic E-state index is 0.615. The van der Waals surface area contributed by atoms with E-state index in [-0.39, 0.29) is 0 Å². The van der Waals surface area contributed by atoms with Crippen LogP contribution in [0.2, 0.25) is 0 Å². The zero-order valence-corrected chi connectivity index (χ0v) is 11.8. The molecule has 0 aromatic rings. The first kappa shape index (κ1) is 13.4. The smallest absolute Gasteiger partial charge is 0.00671 e. The van der Waals surface area contributed by atoms with Crippen LogP contribution in [0, 0.1) is 5.41 Å². The number of likely N-dealkylation sites (tertiary alicyclic amines) is 1. The summed E-state index contributed by atoms with van der Waals surface area (Å²) in [5.41, 5.74) is 0.615. The van der Waals surface area contributed by atoms with Crippen molar-refractivity contribution in [2.45, 2.75) is 64.8 Å². The molecule has 2 aliphatic heterocycles. The van der Waals surface area contributed by atoms with Crippen molar-refractivity contribution in [2.24, 2.45) is 5.41 Å². The van der Waals surface area contributed by atoms with Gasteiger partial charge in [-0.15, -0.1) is 0 Å². The molecular formula is C15H30N2. The Morgan fingerprint density at radius 1 is 1.18 bits per heavy atom. The second-order valence-corrected chi connectivity index (χ2v) is 6.27. The Morgan fingerprint density at radius 2 is 1.94 bits per heavy atom. The molecule has 2 nitrogen and oxygen atoms in total. The van der Waals surface area contributed by atoms with Crippen molar-refractivity contribution >= 4 is 0 Å². The van der Waals surface area contributed by atoms with Crippen LogP contribution in [0.3, 0.4) is 0 Å². The van der Waals surface area contributed by atoms with E-state index in [1.165, 1.54) is 71.1 Å². The molecule has 2 heterocycles. The summed E-state index contributed by atoms with van der Waals surface area (Å²) >= 11 is 0. The first-order valence-electron chi connectivity index (χ1n) is 7.70. The van der Waals surface area contributed by atoms with Crippen LogP contribution < -0.4 is 5.32 Å². The highest BCUT2D eigenvalue weighted by Gasteiger charge is 2.33. The summed E-state index contributed by atoms with van der Waals surface area (Å²) in [4.78, 5) is 2.79. The van der Waals surface area contributed by atoms with Gasteiger partial charge in [0.1, 0.15) is 0 Å². The van der Waals surface area contributed by atoms with E-state index in [0.717, 1.165) is 6.04 Å². The van der Waals surface area contributed by atoms with Crippen molar-refractivity contribution < 1.29 is 0 Å². The number of rotatable bonds is 3. The van der Waals surface area contributed by atoms with Gasteiger partial charge in [-0.25, -0.2) is 0 Å². The van der Waals surface area contributed by atoms with Crippen LogP contribution in [0.25, 0.3) is 0 Å². The van der Waals surface area contributed by atoms with Crippen molar-refractivity contribution in [1.82, 2.24) is 10.2 Å². The van der Waals surface area contributed by atoms with Crippen molar-refractivity contribution in [1.29, 1.82) is 0 Å². The van der Waals surface area contributed by atoms with Crippen LogP contribution in [-0.4, -0.2) is 37.1 Å². The van der Waals surface area contributed by atoms with Crippen LogP contribution in [0.1, 0.15) is 58.8 Å². The molecule has 2 saturated heterocycles. The van der Waals surface area contributed by atoms with Gasteiger partial charge < -0.3 is 10.2 Å². The predicted molar refractivity (Wildman–Crippen MR) is 74.3 cm³/mol. The normalized spacial score (nSPS) is 31.1. The topological polar surface area (TPSA) is 15.3 Å². The molecule has 1 atom stereocenters. The molecule has 0 saturated carbocycles. The van der Waals surface area contributed by atoms with Crippen LogP contribution in [0.4, 0.5) is 0 Å². The highest BCUT2D eigenvalue weighted by molar-refractivity contribution is 4.88. The van der Waals surface area contributed by atoms with Gasteiger partial charge in [0, 0.05) is 12.6 Å². The summed E-state index contributed by atoms with van der Waals surface area (Å²) < 4.78 is 0. The second kappa shape index (κ2) is 6.19. The molecule has 17 heavy (non-hydrogen) atoms. The number of nitrogens with zero attached hydrogens (tertiary/aromatic N) is 1. The van der Waals surface area contributed by atoms with Gasteiger partial charge in [0.15, 0.2) is 0 Å². The molecule has 0 radical (unpaired) electrons. The molecule has 2 heteroatoms. The van der Waals surface area contributed by atoms with E-state index < -0.39 is 0 Å². The zero-order chi connectivity index (χ0) is 12.1. The monoisotopic (exact) mass is 238 g/mol. The van der Waals surface area contributed by atoms with E-state index in [4.69, 9.17) is 0 Å². The quantitative estimate of drug-likeness (QED) is 0.813. The minimum atomic E-state index is 0.615. The van der Waals surface area contributed by atoms with E-state index in [1.807, 2.05) is 0 Å². The summed E-state index contributed by atoms with van der Waals surface area (Å²) in [6.45, 7) is 10.00. The van der Waals surface area contributed by atoms with Crippen LogP contribution in [0.5, 0.6) is 0 Å². The third-order valence-electron chi connectivity index (χ3n) is 5.14. The maximum atomic E-state index is 3.52. The lowest BCUT2D eigenvalue weighted by molar-refractivity contribution is 0.0839. The Balaban J connectivity index is 1.95. The summed E-state index contributed by atoms with van der Waals surface area (Å²) in [6, 6.07) is 0.816. The average Bonchev–Trinajstić information content (AvgIpc) is 2.56. The standard InChI is InChI=1S/C15H30N2/c1-3-15(8-10-16-11-9-15)13-17-12-6-4-5-7-14(17)2/h14,16H,3-13H2,1-2H3. The van der Waals surface area contributed by atoms with Gasteiger partial charge in [0.05, 0.1) is 0 Å². The molecule has 2 fully saturated rings.